The molecule has 2 rings (SSSR count). The quantitative estimate of drug-likeness (QED) is 0.824. The average molecular weight is 346 g/mol. The SMILES string of the molecule is NC(=O)CC1(O)CCCN(CCc2cccc(OC(F)(F)F)c2)C1. The molecule has 1 aromatic rings. The molecule has 24 heavy (non-hydrogen) atoms. The molecular weight excluding hydrogens is 325 g/mol. The second-order valence-electron chi connectivity index (χ2n) is 6.19. The lowest BCUT2D eigenvalue weighted by molar-refractivity contribution is -0.274. The van der Waals surface area contributed by atoms with Gasteiger partial charge in [-0.1, -0.05) is 12.1 Å². The van der Waals surface area contributed by atoms with Crippen molar-refractivity contribution in [2.45, 2.75) is 37.6 Å². The molecular formula is C16H21F3N2O3. The number of alkyl halides is 3. The first kappa shape index (κ1) is 18.5. The van der Waals surface area contributed by atoms with E-state index < -0.39 is 17.9 Å². The summed E-state index contributed by atoms with van der Waals surface area (Å²) >= 11 is 0. The Kier molecular flexibility index (Phi) is 5.71. The molecule has 0 aromatic heterocycles. The van der Waals surface area contributed by atoms with Crippen LogP contribution in [-0.2, 0) is 11.2 Å². The van der Waals surface area contributed by atoms with Crippen LogP contribution in [0.1, 0.15) is 24.8 Å². The maximum Gasteiger partial charge on any atom is 0.573 e. The number of nitrogens with zero attached hydrogens (tertiary/aromatic N) is 1. The van der Waals surface area contributed by atoms with Gasteiger partial charge in [0.2, 0.25) is 5.91 Å². The average Bonchev–Trinajstić information content (AvgIpc) is 2.42. The third-order valence-electron chi connectivity index (χ3n) is 3.99. The summed E-state index contributed by atoms with van der Waals surface area (Å²) in [6, 6.07) is 5.84. The highest BCUT2D eigenvalue weighted by Crippen LogP contribution is 2.26. The zero-order valence-electron chi connectivity index (χ0n) is 13.2. The molecule has 1 aliphatic rings. The summed E-state index contributed by atoms with van der Waals surface area (Å²) in [6.45, 7) is 1.66. The van der Waals surface area contributed by atoms with Crippen molar-refractivity contribution in [3.63, 3.8) is 0 Å². The fraction of sp³-hybridized carbons (Fsp3) is 0.562. The molecule has 0 radical (unpaired) electrons. The molecule has 1 amide bonds. The molecule has 0 bridgehead atoms. The topological polar surface area (TPSA) is 75.8 Å². The van der Waals surface area contributed by atoms with E-state index in [1.54, 1.807) is 6.07 Å². The van der Waals surface area contributed by atoms with Gasteiger partial charge in [-0.05, 0) is 43.5 Å². The molecule has 1 aromatic carbocycles. The predicted octanol–water partition coefficient (Wildman–Crippen LogP) is 1.83. The van der Waals surface area contributed by atoms with Crippen LogP contribution in [0.2, 0.25) is 0 Å². The number of carbonyl (C=O) groups excluding carboxylic acids is 1. The van der Waals surface area contributed by atoms with Crippen LogP contribution in [0.25, 0.3) is 0 Å². The minimum Gasteiger partial charge on any atom is -0.406 e. The molecule has 1 saturated heterocycles. The van der Waals surface area contributed by atoms with Crippen LogP contribution >= 0.6 is 0 Å². The normalized spacial score (nSPS) is 22.3. The number of carbonyl (C=O) groups is 1. The van der Waals surface area contributed by atoms with Gasteiger partial charge in [0.25, 0.3) is 0 Å². The molecule has 3 N–H and O–H groups in total. The van der Waals surface area contributed by atoms with Crippen LogP contribution in [0.4, 0.5) is 13.2 Å². The number of hydrogen-bond donors (Lipinski definition) is 2. The number of ether oxygens (including phenoxy) is 1. The number of rotatable bonds is 6. The van der Waals surface area contributed by atoms with Gasteiger partial charge >= 0.3 is 6.36 Å². The van der Waals surface area contributed by atoms with Crippen LogP contribution in [0.15, 0.2) is 24.3 Å². The highest BCUT2D eigenvalue weighted by atomic mass is 19.4. The number of benzene rings is 1. The second kappa shape index (κ2) is 7.40. The first-order valence-corrected chi connectivity index (χ1v) is 7.73. The van der Waals surface area contributed by atoms with Crippen molar-refractivity contribution < 1.29 is 27.8 Å². The molecule has 1 fully saturated rings. The number of hydrogen-bond acceptors (Lipinski definition) is 4. The van der Waals surface area contributed by atoms with Gasteiger partial charge in [0.1, 0.15) is 5.75 Å². The summed E-state index contributed by atoms with van der Waals surface area (Å²) < 4.78 is 40.6. The minimum atomic E-state index is -4.71. The van der Waals surface area contributed by atoms with Crippen LogP contribution in [-0.4, -0.2) is 47.5 Å². The number of halogens is 3. The van der Waals surface area contributed by atoms with Crippen LogP contribution in [0, 0.1) is 0 Å². The second-order valence-corrected chi connectivity index (χ2v) is 6.19. The van der Waals surface area contributed by atoms with Gasteiger partial charge < -0.3 is 20.5 Å². The van der Waals surface area contributed by atoms with Crippen LogP contribution in [0.5, 0.6) is 5.75 Å². The van der Waals surface area contributed by atoms with Crippen LogP contribution < -0.4 is 10.5 Å². The lowest BCUT2D eigenvalue weighted by Crippen LogP contribution is -2.50. The van der Waals surface area contributed by atoms with Crippen molar-refractivity contribution in [2.75, 3.05) is 19.6 Å². The van der Waals surface area contributed by atoms with Crippen molar-refractivity contribution in [2.24, 2.45) is 5.73 Å². The summed E-state index contributed by atoms with van der Waals surface area (Å²) in [7, 11) is 0. The summed E-state index contributed by atoms with van der Waals surface area (Å²) in [5, 5.41) is 10.4. The van der Waals surface area contributed by atoms with Gasteiger partial charge in [-0.15, -0.1) is 13.2 Å². The first-order chi connectivity index (χ1) is 11.2. The fourth-order valence-electron chi connectivity index (χ4n) is 3.05. The van der Waals surface area contributed by atoms with E-state index in [1.807, 2.05) is 4.90 Å². The summed E-state index contributed by atoms with van der Waals surface area (Å²) in [6.07, 6.45) is -3.03. The molecule has 0 spiro atoms. The Balaban J connectivity index is 1.91. The highest BCUT2D eigenvalue weighted by Gasteiger charge is 2.34. The third kappa shape index (κ3) is 6.01. The lowest BCUT2D eigenvalue weighted by Gasteiger charge is -2.38. The maximum absolute atomic E-state index is 12.2. The third-order valence-corrected chi connectivity index (χ3v) is 3.99. The smallest absolute Gasteiger partial charge is 0.406 e. The Morgan fingerprint density at radius 1 is 1.42 bits per heavy atom. The van der Waals surface area contributed by atoms with E-state index in [1.165, 1.54) is 18.2 Å². The Morgan fingerprint density at radius 3 is 2.83 bits per heavy atom. The molecule has 0 saturated carbocycles. The molecule has 5 nitrogen and oxygen atoms in total. The Bertz CT molecular complexity index is 580. The molecule has 1 heterocycles. The van der Waals surface area contributed by atoms with E-state index in [0.717, 1.165) is 13.0 Å². The van der Waals surface area contributed by atoms with Gasteiger partial charge in [0.05, 0.1) is 12.0 Å². The van der Waals surface area contributed by atoms with E-state index >= 15 is 0 Å². The fourth-order valence-corrected chi connectivity index (χ4v) is 3.05. The first-order valence-electron chi connectivity index (χ1n) is 7.73. The van der Waals surface area contributed by atoms with Gasteiger partial charge in [-0.3, -0.25) is 4.79 Å². The zero-order valence-corrected chi connectivity index (χ0v) is 13.2. The lowest BCUT2D eigenvalue weighted by atomic mass is 9.89. The number of nitrogens with two attached hydrogens (primary N) is 1. The van der Waals surface area contributed by atoms with Crippen molar-refractivity contribution in [3.05, 3.63) is 29.8 Å². The Morgan fingerprint density at radius 2 is 2.17 bits per heavy atom. The predicted molar refractivity (Wildman–Crippen MR) is 81.3 cm³/mol. The molecule has 1 aliphatic heterocycles. The standard InChI is InChI=1S/C16H21F3N2O3/c17-16(18,19)24-13-4-1-3-12(9-13)5-8-21-7-2-6-15(23,11-21)10-14(20)22/h1,3-4,9,23H,2,5-8,10-11H2,(H2,20,22). The van der Waals surface area contributed by atoms with Gasteiger partial charge in [0.15, 0.2) is 0 Å². The number of aliphatic hydroxyl groups is 1. The Hall–Kier alpha value is -1.80. The van der Waals surface area contributed by atoms with Crippen molar-refractivity contribution in [3.8, 4) is 5.75 Å². The van der Waals surface area contributed by atoms with E-state index in [9.17, 15) is 23.1 Å². The number of primary amides is 1. The molecule has 1 unspecified atom stereocenters. The number of piperidine rings is 1. The number of β-amino-alcohol motifs (C(OH)–C–C–N with tert-alkyl or cyclic N) is 1. The van der Waals surface area contributed by atoms with Crippen molar-refractivity contribution in [1.29, 1.82) is 0 Å². The van der Waals surface area contributed by atoms with Gasteiger partial charge in [0, 0.05) is 13.1 Å². The number of amides is 1. The van der Waals surface area contributed by atoms with E-state index in [0.29, 0.717) is 31.5 Å². The highest BCUT2D eigenvalue weighted by molar-refractivity contribution is 5.75. The van der Waals surface area contributed by atoms with E-state index in [-0.39, 0.29) is 12.2 Å². The monoisotopic (exact) mass is 346 g/mol. The molecule has 134 valence electrons. The molecule has 1 atom stereocenters. The van der Waals surface area contributed by atoms with E-state index in [4.69, 9.17) is 5.73 Å². The largest absolute Gasteiger partial charge is 0.573 e. The maximum atomic E-state index is 12.2. The van der Waals surface area contributed by atoms with Crippen molar-refractivity contribution in [1.82, 2.24) is 4.90 Å². The van der Waals surface area contributed by atoms with Crippen molar-refractivity contribution >= 4 is 5.91 Å². The molecule has 8 heteroatoms. The van der Waals surface area contributed by atoms with E-state index in [2.05, 4.69) is 4.74 Å². The minimum absolute atomic E-state index is 0.0849. The number of likely N-dealkylation sites (tertiary alicyclic amines) is 1. The van der Waals surface area contributed by atoms with Crippen LogP contribution in [0.3, 0.4) is 0 Å². The zero-order chi connectivity index (χ0) is 17.8. The molecule has 0 aliphatic carbocycles. The van der Waals surface area contributed by atoms with Gasteiger partial charge in [-0.2, -0.15) is 0 Å². The Labute approximate surface area is 138 Å². The summed E-state index contributed by atoms with van der Waals surface area (Å²) in [5.41, 5.74) is 4.75. The van der Waals surface area contributed by atoms with Gasteiger partial charge in [-0.25, -0.2) is 0 Å². The summed E-state index contributed by atoms with van der Waals surface area (Å²) in [5.74, 6) is -0.791. The summed E-state index contributed by atoms with van der Waals surface area (Å²) in [4.78, 5) is 13.0.